The Morgan fingerprint density at radius 1 is 0.367 bits per heavy atom. The fourth-order valence-electron chi connectivity index (χ4n) is 7.15. The monoisotopic (exact) mass is 625 g/mol. The number of anilines is 3. The summed E-state index contributed by atoms with van der Waals surface area (Å²) in [4.78, 5) is 2.32. The predicted octanol–water partition coefficient (Wildman–Crippen LogP) is 11.1. The fourth-order valence-corrected chi connectivity index (χ4v) is 7.15. The van der Waals surface area contributed by atoms with Gasteiger partial charge in [-0.2, -0.15) is 10.5 Å². The zero-order valence-electron chi connectivity index (χ0n) is 26.3. The molecule has 0 amide bonds. The van der Waals surface area contributed by atoms with Crippen LogP contribution in [0.4, 0.5) is 17.1 Å². The molecule has 0 saturated heterocycles. The summed E-state index contributed by atoms with van der Waals surface area (Å²) in [6.07, 6.45) is 0. The van der Waals surface area contributed by atoms with Gasteiger partial charge < -0.3 is 14.0 Å². The molecule has 0 atom stereocenters. The maximum atomic E-state index is 9.38. The number of rotatable bonds is 5. The van der Waals surface area contributed by atoms with Gasteiger partial charge in [-0.3, -0.25) is 0 Å². The van der Waals surface area contributed by atoms with Crippen LogP contribution >= 0.6 is 0 Å². The van der Waals surface area contributed by atoms with Crippen LogP contribution in [-0.4, -0.2) is 9.13 Å². The summed E-state index contributed by atoms with van der Waals surface area (Å²) < 4.78 is 4.54. The van der Waals surface area contributed by atoms with Crippen molar-refractivity contribution in [2.75, 3.05) is 4.90 Å². The molecule has 0 aliphatic heterocycles. The van der Waals surface area contributed by atoms with Gasteiger partial charge in [-0.25, -0.2) is 0 Å². The van der Waals surface area contributed by atoms with Crippen molar-refractivity contribution < 1.29 is 0 Å². The summed E-state index contributed by atoms with van der Waals surface area (Å²) in [6, 6.07) is 60.8. The molecule has 0 aliphatic carbocycles. The van der Waals surface area contributed by atoms with Crippen molar-refractivity contribution in [3.8, 4) is 23.5 Å². The zero-order chi connectivity index (χ0) is 32.9. The maximum Gasteiger partial charge on any atom is 0.0991 e. The fraction of sp³-hybridized carbons (Fsp3) is 0. The lowest BCUT2D eigenvalue weighted by Crippen LogP contribution is -2.09. The van der Waals surface area contributed by atoms with Gasteiger partial charge in [0.25, 0.3) is 0 Å². The lowest BCUT2D eigenvalue weighted by molar-refractivity contribution is 1.17. The summed E-state index contributed by atoms with van der Waals surface area (Å²) in [6.45, 7) is 0. The van der Waals surface area contributed by atoms with Gasteiger partial charge in [0.2, 0.25) is 0 Å². The van der Waals surface area contributed by atoms with Crippen LogP contribution in [0.1, 0.15) is 11.1 Å². The number of nitrogens with zero attached hydrogens (tertiary/aromatic N) is 5. The van der Waals surface area contributed by atoms with Gasteiger partial charge in [0.15, 0.2) is 0 Å². The minimum atomic E-state index is 0.641. The number of nitriles is 2. The molecule has 49 heavy (non-hydrogen) atoms. The molecule has 9 aromatic rings. The van der Waals surface area contributed by atoms with Crippen LogP contribution in [0.15, 0.2) is 164 Å². The standard InChI is InChI=1S/C44H27N5/c45-28-30-14-18-33(19-15-30)48-41-12-6-4-10-37(41)39-26-35(22-24-43(39)48)47(32-8-2-1-3-9-32)36-23-25-44-40(27-36)38-11-5-7-13-42(38)49(44)34-20-16-31(29-46)17-21-34/h1-27H. The molecule has 7 aromatic carbocycles. The molecular weight excluding hydrogens is 599 g/mol. The van der Waals surface area contributed by atoms with E-state index in [9.17, 15) is 10.5 Å². The van der Waals surface area contributed by atoms with Crippen molar-refractivity contribution in [1.29, 1.82) is 10.5 Å². The Morgan fingerprint density at radius 2 is 0.776 bits per heavy atom. The van der Waals surface area contributed by atoms with Crippen LogP contribution in [-0.2, 0) is 0 Å². The van der Waals surface area contributed by atoms with Crippen LogP contribution in [0.2, 0.25) is 0 Å². The number of hydrogen-bond donors (Lipinski definition) is 0. The summed E-state index contributed by atoms with van der Waals surface area (Å²) in [5, 5.41) is 23.4. The normalized spacial score (nSPS) is 11.2. The summed E-state index contributed by atoms with van der Waals surface area (Å²) in [7, 11) is 0. The molecule has 0 radical (unpaired) electrons. The SMILES string of the molecule is N#Cc1ccc(-n2c3ccccc3c3cc(N(c4ccccc4)c4ccc5c(c4)c4ccccc4n5-c4ccc(C#N)cc4)ccc32)cc1. The second-order valence-corrected chi connectivity index (χ2v) is 12.1. The highest BCUT2D eigenvalue weighted by Crippen LogP contribution is 2.42. The van der Waals surface area contributed by atoms with Gasteiger partial charge in [0, 0.05) is 50.0 Å². The highest BCUT2D eigenvalue weighted by atomic mass is 15.1. The third-order valence-corrected chi connectivity index (χ3v) is 9.35. The van der Waals surface area contributed by atoms with Gasteiger partial charge in [-0.15, -0.1) is 0 Å². The molecule has 0 aliphatic rings. The van der Waals surface area contributed by atoms with E-state index >= 15 is 0 Å². The first-order chi connectivity index (χ1) is 24.2. The topological polar surface area (TPSA) is 60.7 Å². The van der Waals surface area contributed by atoms with Crippen LogP contribution in [0.25, 0.3) is 55.0 Å². The van der Waals surface area contributed by atoms with E-state index in [0.29, 0.717) is 11.1 Å². The second kappa shape index (κ2) is 11.3. The van der Waals surface area contributed by atoms with Gasteiger partial charge in [0.05, 0.1) is 45.3 Å². The Morgan fingerprint density at radius 3 is 1.22 bits per heavy atom. The molecule has 0 spiro atoms. The minimum Gasteiger partial charge on any atom is -0.310 e. The first-order valence-corrected chi connectivity index (χ1v) is 16.1. The Balaban J connectivity index is 1.25. The average Bonchev–Trinajstić information content (AvgIpc) is 3.68. The third kappa shape index (κ3) is 4.53. The van der Waals surface area contributed by atoms with E-state index in [4.69, 9.17) is 0 Å². The van der Waals surface area contributed by atoms with E-state index in [1.165, 1.54) is 0 Å². The Hall–Kier alpha value is -7.08. The van der Waals surface area contributed by atoms with Gasteiger partial charge in [-0.05, 0) is 109 Å². The Bertz CT molecular complexity index is 2600. The van der Waals surface area contributed by atoms with Crippen molar-refractivity contribution in [3.63, 3.8) is 0 Å². The molecule has 2 aromatic heterocycles. The van der Waals surface area contributed by atoms with Crippen molar-refractivity contribution >= 4 is 60.7 Å². The maximum absolute atomic E-state index is 9.38. The van der Waals surface area contributed by atoms with E-state index in [0.717, 1.165) is 72.0 Å². The molecule has 0 N–H and O–H groups in total. The van der Waals surface area contributed by atoms with E-state index in [1.54, 1.807) is 0 Å². The lowest BCUT2D eigenvalue weighted by Gasteiger charge is -2.26. The predicted molar refractivity (Wildman–Crippen MR) is 199 cm³/mol. The quantitative estimate of drug-likeness (QED) is 0.191. The molecule has 0 bridgehead atoms. The molecule has 0 saturated carbocycles. The Labute approximate surface area is 282 Å². The molecule has 0 fully saturated rings. The lowest BCUT2D eigenvalue weighted by atomic mass is 10.1. The van der Waals surface area contributed by atoms with Gasteiger partial charge in [0.1, 0.15) is 0 Å². The van der Waals surface area contributed by atoms with E-state index in [-0.39, 0.29) is 0 Å². The number of fused-ring (bicyclic) bond motifs is 6. The summed E-state index contributed by atoms with van der Waals surface area (Å²) in [5.41, 5.74) is 10.9. The van der Waals surface area contributed by atoms with Crippen LogP contribution < -0.4 is 4.90 Å². The van der Waals surface area contributed by atoms with Crippen LogP contribution in [0, 0.1) is 22.7 Å². The van der Waals surface area contributed by atoms with E-state index in [1.807, 2.05) is 54.6 Å². The largest absolute Gasteiger partial charge is 0.310 e. The Kier molecular flexibility index (Phi) is 6.50. The first-order valence-electron chi connectivity index (χ1n) is 16.1. The molecule has 5 heteroatoms. The van der Waals surface area contributed by atoms with Gasteiger partial charge in [-0.1, -0.05) is 54.6 Å². The van der Waals surface area contributed by atoms with E-state index in [2.05, 4.69) is 135 Å². The number of hydrogen-bond acceptors (Lipinski definition) is 3. The summed E-state index contributed by atoms with van der Waals surface area (Å²) >= 11 is 0. The molecule has 5 nitrogen and oxygen atoms in total. The third-order valence-electron chi connectivity index (χ3n) is 9.35. The van der Waals surface area contributed by atoms with Crippen molar-refractivity contribution in [2.24, 2.45) is 0 Å². The van der Waals surface area contributed by atoms with Crippen molar-refractivity contribution in [2.45, 2.75) is 0 Å². The molecule has 9 rings (SSSR count). The highest BCUT2D eigenvalue weighted by Gasteiger charge is 2.19. The average molecular weight is 626 g/mol. The highest BCUT2D eigenvalue weighted by molar-refractivity contribution is 6.12. The number of para-hydroxylation sites is 3. The number of benzene rings is 7. The van der Waals surface area contributed by atoms with Crippen LogP contribution in [0.5, 0.6) is 0 Å². The zero-order valence-corrected chi connectivity index (χ0v) is 26.3. The van der Waals surface area contributed by atoms with Crippen molar-refractivity contribution in [3.05, 3.63) is 175 Å². The second-order valence-electron chi connectivity index (χ2n) is 12.1. The minimum absolute atomic E-state index is 0.641. The number of aromatic nitrogens is 2. The molecule has 228 valence electrons. The smallest absolute Gasteiger partial charge is 0.0991 e. The summed E-state index contributed by atoms with van der Waals surface area (Å²) in [5.74, 6) is 0. The molecule has 0 unspecified atom stereocenters. The van der Waals surface area contributed by atoms with Crippen molar-refractivity contribution in [1.82, 2.24) is 9.13 Å². The van der Waals surface area contributed by atoms with Crippen LogP contribution in [0.3, 0.4) is 0 Å². The first kappa shape index (κ1) is 28.2. The molecule has 2 heterocycles. The van der Waals surface area contributed by atoms with E-state index < -0.39 is 0 Å². The van der Waals surface area contributed by atoms with Gasteiger partial charge >= 0.3 is 0 Å². The molecular formula is C44H27N5.